The van der Waals surface area contributed by atoms with Crippen LogP contribution in [-0.2, 0) is 9.53 Å². The molecule has 2 rings (SSSR count). The molecule has 1 N–H and O–H groups in total. The Balaban J connectivity index is 2.10. The highest BCUT2D eigenvalue weighted by molar-refractivity contribution is 5.81. The number of methoxy groups -OCH3 is 1. The third-order valence-electron chi connectivity index (χ3n) is 3.02. The van der Waals surface area contributed by atoms with E-state index in [0.717, 1.165) is 18.0 Å². The molecule has 1 fully saturated rings. The molecule has 0 saturated carbocycles. The second-order valence-electron chi connectivity index (χ2n) is 4.12. The Bertz CT molecular complexity index is 422. The molecule has 1 atom stereocenters. The Kier molecular flexibility index (Phi) is 4.04. The largest absolute Gasteiger partial charge is 0.497 e. The van der Waals surface area contributed by atoms with Gasteiger partial charge >= 0.3 is 0 Å². The highest BCUT2D eigenvalue weighted by atomic mass is 16.5. The van der Waals surface area contributed by atoms with Crippen molar-refractivity contribution in [3.63, 3.8) is 0 Å². The maximum absolute atomic E-state index is 11.6. The lowest BCUT2D eigenvalue weighted by Crippen LogP contribution is -2.49. The fourth-order valence-electron chi connectivity index (χ4n) is 2.01. The normalized spacial score (nSPS) is 19.4. The molecular weight excluding hydrogens is 232 g/mol. The summed E-state index contributed by atoms with van der Waals surface area (Å²) >= 11 is 0. The van der Waals surface area contributed by atoms with Gasteiger partial charge in [0.1, 0.15) is 5.75 Å². The van der Waals surface area contributed by atoms with E-state index in [9.17, 15) is 4.79 Å². The van der Waals surface area contributed by atoms with Gasteiger partial charge in [-0.1, -0.05) is 6.07 Å². The van der Waals surface area contributed by atoms with E-state index in [1.807, 2.05) is 24.3 Å². The minimum Gasteiger partial charge on any atom is -0.497 e. The molecule has 0 unspecified atom stereocenters. The number of amides is 1. The standard InChI is InChI=1S/C13H18N2O3/c1-14-13(16)12-9-15(6-7-18-12)10-4-3-5-11(8-10)17-2/h3-5,8,12H,6-7,9H2,1-2H3,(H,14,16)/t12-/m1/s1. The lowest BCUT2D eigenvalue weighted by molar-refractivity contribution is -0.132. The highest BCUT2D eigenvalue weighted by Gasteiger charge is 2.26. The first-order valence-corrected chi connectivity index (χ1v) is 5.97. The summed E-state index contributed by atoms with van der Waals surface area (Å²) in [7, 11) is 3.27. The summed E-state index contributed by atoms with van der Waals surface area (Å²) < 4.78 is 10.7. The number of rotatable bonds is 3. The smallest absolute Gasteiger partial charge is 0.250 e. The van der Waals surface area contributed by atoms with Crippen LogP contribution in [0.1, 0.15) is 0 Å². The third kappa shape index (κ3) is 2.73. The van der Waals surface area contributed by atoms with Gasteiger partial charge in [0.15, 0.2) is 6.10 Å². The molecule has 1 amide bonds. The van der Waals surface area contributed by atoms with E-state index >= 15 is 0 Å². The number of carbonyl (C=O) groups is 1. The number of morpholine rings is 1. The maximum atomic E-state index is 11.6. The zero-order valence-corrected chi connectivity index (χ0v) is 10.7. The van der Waals surface area contributed by atoms with Crippen molar-refractivity contribution in [2.75, 3.05) is 38.8 Å². The van der Waals surface area contributed by atoms with Crippen LogP contribution in [0.2, 0.25) is 0 Å². The summed E-state index contributed by atoms with van der Waals surface area (Å²) in [5, 5.41) is 2.61. The van der Waals surface area contributed by atoms with Crippen LogP contribution in [0.4, 0.5) is 5.69 Å². The molecule has 0 bridgehead atoms. The number of carbonyl (C=O) groups excluding carboxylic acids is 1. The number of ether oxygens (including phenoxy) is 2. The molecule has 1 aliphatic heterocycles. The Morgan fingerprint density at radius 3 is 3.11 bits per heavy atom. The zero-order chi connectivity index (χ0) is 13.0. The second kappa shape index (κ2) is 5.73. The molecule has 0 spiro atoms. The first-order chi connectivity index (χ1) is 8.74. The number of hydrogen-bond donors (Lipinski definition) is 1. The molecule has 0 radical (unpaired) electrons. The average molecular weight is 250 g/mol. The van der Waals surface area contributed by atoms with Crippen molar-refractivity contribution in [2.45, 2.75) is 6.10 Å². The Morgan fingerprint density at radius 2 is 2.39 bits per heavy atom. The summed E-state index contributed by atoms with van der Waals surface area (Å²) in [4.78, 5) is 13.7. The van der Waals surface area contributed by atoms with Crippen LogP contribution < -0.4 is 15.0 Å². The highest BCUT2D eigenvalue weighted by Crippen LogP contribution is 2.22. The van der Waals surface area contributed by atoms with Crippen molar-refractivity contribution in [3.8, 4) is 5.75 Å². The summed E-state index contributed by atoms with van der Waals surface area (Å²) in [5.74, 6) is 0.734. The van der Waals surface area contributed by atoms with Gasteiger partial charge in [0.25, 0.3) is 5.91 Å². The van der Waals surface area contributed by atoms with E-state index in [2.05, 4.69) is 10.2 Å². The van der Waals surface area contributed by atoms with Crippen LogP contribution in [0, 0.1) is 0 Å². The molecule has 1 saturated heterocycles. The maximum Gasteiger partial charge on any atom is 0.250 e. The zero-order valence-electron chi connectivity index (χ0n) is 10.7. The summed E-state index contributed by atoms with van der Waals surface area (Å²) in [6.45, 7) is 1.89. The molecule has 1 aromatic rings. The van der Waals surface area contributed by atoms with Crippen molar-refractivity contribution < 1.29 is 14.3 Å². The average Bonchev–Trinajstić information content (AvgIpc) is 2.46. The van der Waals surface area contributed by atoms with Crippen molar-refractivity contribution in [3.05, 3.63) is 24.3 Å². The fourth-order valence-corrected chi connectivity index (χ4v) is 2.01. The molecule has 1 aliphatic rings. The summed E-state index contributed by atoms with van der Waals surface area (Å²) in [6, 6.07) is 7.82. The lowest BCUT2D eigenvalue weighted by atomic mass is 10.2. The predicted octanol–water partition coefficient (Wildman–Crippen LogP) is 0.646. The summed E-state index contributed by atoms with van der Waals surface area (Å²) in [5.41, 5.74) is 1.05. The number of anilines is 1. The van der Waals surface area contributed by atoms with Crippen LogP contribution >= 0.6 is 0 Å². The van der Waals surface area contributed by atoms with E-state index in [1.54, 1.807) is 14.2 Å². The molecule has 0 aliphatic carbocycles. The SMILES string of the molecule is CNC(=O)[C@H]1CN(c2cccc(OC)c2)CCO1. The first kappa shape index (κ1) is 12.7. The monoisotopic (exact) mass is 250 g/mol. The number of hydrogen-bond acceptors (Lipinski definition) is 4. The van der Waals surface area contributed by atoms with Gasteiger partial charge in [-0.15, -0.1) is 0 Å². The van der Waals surface area contributed by atoms with Gasteiger partial charge in [0, 0.05) is 25.3 Å². The van der Waals surface area contributed by atoms with Gasteiger partial charge in [0.2, 0.25) is 0 Å². The Morgan fingerprint density at radius 1 is 1.56 bits per heavy atom. The van der Waals surface area contributed by atoms with Crippen LogP contribution in [0.25, 0.3) is 0 Å². The quantitative estimate of drug-likeness (QED) is 0.855. The van der Waals surface area contributed by atoms with Gasteiger partial charge in [-0.3, -0.25) is 4.79 Å². The predicted molar refractivity (Wildman–Crippen MR) is 69.0 cm³/mol. The van der Waals surface area contributed by atoms with E-state index in [0.29, 0.717) is 13.2 Å². The van der Waals surface area contributed by atoms with E-state index < -0.39 is 6.10 Å². The summed E-state index contributed by atoms with van der Waals surface area (Å²) in [6.07, 6.45) is -0.407. The Hall–Kier alpha value is -1.75. The molecular formula is C13H18N2O3. The molecule has 5 nitrogen and oxygen atoms in total. The van der Waals surface area contributed by atoms with Crippen molar-refractivity contribution in [1.82, 2.24) is 5.32 Å². The fraction of sp³-hybridized carbons (Fsp3) is 0.462. The number of nitrogens with one attached hydrogen (secondary N) is 1. The lowest BCUT2D eigenvalue weighted by Gasteiger charge is -2.33. The molecule has 1 aromatic carbocycles. The minimum absolute atomic E-state index is 0.0809. The van der Waals surface area contributed by atoms with Gasteiger partial charge in [-0.25, -0.2) is 0 Å². The van der Waals surface area contributed by atoms with Crippen LogP contribution in [-0.4, -0.2) is 45.9 Å². The molecule has 0 aromatic heterocycles. The molecule has 18 heavy (non-hydrogen) atoms. The van der Waals surface area contributed by atoms with E-state index in [-0.39, 0.29) is 5.91 Å². The van der Waals surface area contributed by atoms with Crippen molar-refractivity contribution >= 4 is 11.6 Å². The van der Waals surface area contributed by atoms with Crippen molar-refractivity contribution in [2.24, 2.45) is 0 Å². The molecule has 98 valence electrons. The topological polar surface area (TPSA) is 50.8 Å². The van der Waals surface area contributed by atoms with Gasteiger partial charge in [0.05, 0.1) is 20.3 Å². The third-order valence-corrected chi connectivity index (χ3v) is 3.02. The first-order valence-electron chi connectivity index (χ1n) is 5.97. The second-order valence-corrected chi connectivity index (χ2v) is 4.12. The van der Waals surface area contributed by atoms with E-state index in [1.165, 1.54) is 0 Å². The minimum atomic E-state index is -0.407. The van der Waals surface area contributed by atoms with Crippen LogP contribution in [0.15, 0.2) is 24.3 Å². The number of nitrogens with zero attached hydrogens (tertiary/aromatic N) is 1. The van der Waals surface area contributed by atoms with Crippen LogP contribution in [0.3, 0.4) is 0 Å². The number of benzene rings is 1. The van der Waals surface area contributed by atoms with Crippen molar-refractivity contribution in [1.29, 1.82) is 0 Å². The van der Waals surface area contributed by atoms with E-state index in [4.69, 9.17) is 9.47 Å². The van der Waals surface area contributed by atoms with Crippen LogP contribution in [0.5, 0.6) is 5.75 Å². The molecule has 5 heteroatoms. The van der Waals surface area contributed by atoms with Gasteiger partial charge in [-0.2, -0.15) is 0 Å². The Labute approximate surface area is 107 Å². The van der Waals surface area contributed by atoms with Gasteiger partial charge < -0.3 is 19.7 Å². The molecule has 1 heterocycles. The number of likely N-dealkylation sites (N-methyl/N-ethyl adjacent to an activating group) is 1. The van der Waals surface area contributed by atoms with Gasteiger partial charge in [-0.05, 0) is 12.1 Å².